The predicted molar refractivity (Wildman–Crippen MR) is 138 cm³/mol. The van der Waals surface area contributed by atoms with E-state index in [0.717, 1.165) is 22.4 Å². The highest BCUT2D eigenvalue weighted by molar-refractivity contribution is 7.99. The predicted octanol–water partition coefficient (Wildman–Crippen LogP) is 5.60. The monoisotopic (exact) mass is 502 g/mol. The first-order valence-corrected chi connectivity index (χ1v) is 12.9. The van der Waals surface area contributed by atoms with Gasteiger partial charge in [0.1, 0.15) is 18.0 Å². The van der Waals surface area contributed by atoms with Crippen molar-refractivity contribution in [2.75, 3.05) is 11.1 Å². The number of anilines is 1. The Labute approximate surface area is 211 Å². The number of hydrogen-bond donors (Lipinski definition) is 1. The minimum atomic E-state index is -0.703. The summed E-state index contributed by atoms with van der Waals surface area (Å²) in [6.07, 6.45) is 2.82. The number of pyridine rings is 1. The second-order valence-corrected chi connectivity index (χ2v) is 9.79. The van der Waals surface area contributed by atoms with Crippen molar-refractivity contribution in [1.82, 2.24) is 14.9 Å². The SMILES string of the molecule is O=C(Nc1nc(-c2ccccc2)cs1)[C@@H]1CSC(c2ccncc2)N1C(=O)OCc1ccccc1. The molecule has 7 nitrogen and oxygen atoms in total. The minimum Gasteiger partial charge on any atom is -0.444 e. The summed E-state index contributed by atoms with van der Waals surface area (Å²) < 4.78 is 5.62. The van der Waals surface area contributed by atoms with Crippen molar-refractivity contribution in [2.45, 2.75) is 18.0 Å². The fourth-order valence-electron chi connectivity index (χ4n) is 3.77. The number of benzene rings is 2. The lowest BCUT2D eigenvalue weighted by molar-refractivity contribution is -0.120. The molecule has 9 heteroatoms. The summed E-state index contributed by atoms with van der Waals surface area (Å²) in [6.45, 7) is 0.130. The minimum absolute atomic E-state index is 0.130. The highest BCUT2D eigenvalue weighted by Gasteiger charge is 2.43. The molecule has 2 amide bonds. The van der Waals surface area contributed by atoms with E-state index in [-0.39, 0.29) is 17.9 Å². The molecule has 0 aliphatic carbocycles. The van der Waals surface area contributed by atoms with Crippen LogP contribution in [0.5, 0.6) is 0 Å². The standard InChI is InChI=1S/C26H22N4O3S2/c31-23(29-25-28-21(16-35-25)19-9-5-2-6-10-19)22-17-34-24(20-11-13-27-14-12-20)30(22)26(32)33-15-18-7-3-1-4-8-18/h1-14,16,22,24H,15,17H2,(H,28,29,31)/t22-,24?/m0/s1. The van der Waals surface area contributed by atoms with Gasteiger partial charge in [0.25, 0.3) is 0 Å². The largest absolute Gasteiger partial charge is 0.444 e. The van der Waals surface area contributed by atoms with E-state index in [9.17, 15) is 9.59 Å². The Kier molecular flexibility index (Phi) is 7.06. The van der Waals surface area contributed by atoms with Crippen molar-refractivity contribution in [2.24, 2.45) is 0 Å². The quantitative estimate of drug-likeness (QED) is 0.370. The van der Waals surface area contributed by atoms with Crippen LogP contribution in [0.4, 0.5) is 9.93 Å². The van der Waals surface area contributed by atoms with Gasteiger partial charge < -0.3 is 10.1 Å². The molecular weight excluding hydrogens is 480 g/mol. The Hall–Kier alpha value is -3.69. The van der Waals surface area contributed by atoms with Gasteiger partial charge in [-0.15, -0.1) is 23.1 Å². The highest BCUT2D eigenvalue weighted by Crippen LogP contribution is 2.42. The van der Waals surface area contributed by atoms with Gasteiger partial charge in [0, 0.05) is 29.1 Å². The number of amides is 2. The second-order valence-electron chi connectivity index (χ2n) is 7.82. The normalized spacial score (nSPS) is 17.2. The summed E-state index contributed by atoms with van der Waals surface area (Å²) in [6, 6.07) is 22.2. The van der Waals surface area contributed by atoms with E-state index in [1.807, 2.05) is 78.2 Å². The van der Waals surface area contributed by atoms with Crippen molar-refractivity contribution in [1.29, 1.82) is 0 Å². The lowest BCUT2D eigenvalue weighted by Gasteiger charge is -2.28. The molecule has 1 aliphatic rings. The van der Waals surface area contributed by atoms with E-state index in [2.05, 4.69) is 15.3 Å². The fourth-order valence-corrected chi connectivity index (χ4v) is 5.91. The van der Waals surface area contributed by atoms with Crippen LogP contribution in [0, 0.1) is 0 Å². The maximum absolute atomic E-state index is 13.3. The maximum atomic E-state index is 13.3. The molecule has 2 aromatic heterocycles. The van der Waals surface area contributed by atoms with Crippen LogP contribution in [0.25, 0.3) is 11.3 Å². The van der Waals surface area contributed by atoms with Crippen LogP contribution in [0.1, 0.15) is 16.5 Å². The molecule has 1 aliphatic heterocycles. The summed E-state index contributed by atoms with van der Waals surface area (Å²) in [5.74, 6) is 0.149. The zero-order valence-corrected chi connectivity index (χ0v) is 20.2. The Balaban J connectivity index is 1.33. The average Bonchev–Trinajstić information content (AvgIpc) is 3.57. The first-order chi connectivity index (χ1) is 17.2. The molecule has 0 bridgehead atoms. The third-order valence-electron chi connectivity index (χ3n) is 5.51. The molecule has 176 valence electrons. The molecule has 35 heavy (non-hydrogen) atoms. The molecule has 2 atom stereocenters. The van der Waals surface area contributed by atoms with E-state index in [1.165, 1.54) is 28.0 Å². The number of hydrogen-bond acceptors (Lipinski definition) is 7. The number of carbonyl (C=O) groups is 2. The van der Waals surface area contributed by atoms with Crippen LogP contribution in [-0.4, -0.2) is 38.7 Å². The lowest BCUT2D eigenvalue weighted by atomic mass is 10.2. The number of thioether (sulfide) groups is 1. The van der Waals surface area contributed by atoms with Crippen LogP contribution in [0.3, 0.4) is 0 Å². The van der Waals surface area contributed by atoms with Gasteiger partial charge in [0.05, 0.1) is 5.69 Å². The van der Waals surface area contributed by atoms with Crippen molar-refractivity contribution in [3.63, 3.8) is 0 Å². The molecular formula is C26H22N4O3S2. The molecule has 1 fully saturated rings. The zero-order valence-electron chi connectivity index (χ0n) is 18.6. The van der Waals surface area contributed by atoms with Crippen LogP contribution < -0.4 is 5.32 Å². The van der Waals surface area contributed by atoms with Gasteiger partial charge in [-0.1, -0.05) is 60.7 Å². The molecule has 0 spiro atoms. The lowest BCUT2D eigenvalue weighted by Crippen LogP contribution is -2.45. The van der Waals surface area contributed by atoms with E-state index in [1.54, 1.807) is 12.4 Å². The number of thiazole rings is 1. The Bertz CT molecular complexity index is 1290. The van der Waals surface area contributed by atoms with Gasteiger partial charge in [0.2, 0.25) is 5.91 Å². The first kappa shape index (κ1) is 23.1. The molecule has 3 heterocycles. The van der Waals surface area contributed by atoms with E-state index in [0.29, 0.717) is 10.9 Å². The van der Waals surface area contributed by atoms with Gasteiger partial charge in [0.15, 0.2) is 5.13 Å². The highest BCUT2D eigenvalue weighted by atomic mass is 32.2. The van der Waals surface area contributed by atoms with Crippen molar-refractivity contribution in [3.05, 3.63) is 102 Å². The van der Waals surface area contributed by atoms with E-state index >= 15 is 0 Å². The summed E-state index contributed by atoms with van der Waals surface area (Å²) in [7, 11) is 0. The van der Waals surface area contributed by atoms with Gasteiger partial charge in [-0.3, -0.25) is 14.7 Å². The first-order valence-electron chi connectivity index (χ1n) is 11.0. The van der Waals surface area contributed by atoms with E-state index < -0.39 is 12.1 Å². The summed E-state index contributed by atoms with van der Waals surface area (Å²) >= 11 is 2.88. The van der Waals surface area contributed by atoms with Crippen LogP contribution in [0.15, 0.2) is 90.6 Å². The molecule has 1 N–H and O–H groups in total. The zero-order chi connectivity index (χ0) is 24.0. The number of ether oxygens (including phenoxy) is 1. The van der Waals surface area contributed by atoms with Crippen LogP contribution in [-0.2, 0) is 16.1 Å². The maximum Gasteiger partial charge on any atom is 0.412 e. The number of nitrogens with zero attached hydrogens (tertiary/aromatic N) is 3. The Morgan fingerprint density at radius 3 is 2.46 bits per heavy atom. The van der Waals surface area contributed by atoms with Crippen molar-refractivity contribution < 1.29 is 14.3 Å². The number of aromatic nitrogens is 2. The number of nitrogens with one attached hydrogen (secondary N) is 1. The van der Waals surface area contributed by atoms with Crippen molar-refractivity contribution >= 4 is 40.2 Å². The summed E-state index contributed by atoms with van der Waals surface area (Å²) in [5, 5.41) is 4.94. The van der Waals surface area contributed by atoms with Gasteiger partial charge >= 0.3 is 6.09 Å². The third kappa shape index (κ3) is 5.36. The molecule has 2 aromatic carbocycles. The van der Waals surface area contributed by atoms with Gasteiger partial charge in [-0.2, -0.15) is 0 Å². The summed E-state index contributed by atoms with van der Waals surface area (Å²) in [4.78, 5) is 36.7. The average molecular weight is 503 g/mol. The smallest absolute Gasteiger partial charge is 0.412 e. The summed E-state index contributed by atoms with van der Waals surface area (Å²) in [5.41, 5.74) is 3.54. The molecule has 0 saturated carbocycles. The van der Waals surface area contributed by atoms with Crippen molar-refractivity contribution in [3.8, 4) is 11.3 Å². The number of rotatable bonds is 6. The molecule has 1 unspecified atom stereocenters. The Morgan fingerprint density at radius 2 is 1.71 bits per heavy atom. The van der Waals surface area contributed by atoms with Gasteiger partial charge in [-0.05, 0) is 23.3 Å². The third-order valence-corrected chi connectivity index (χ3v) is 7.60. The molecule has 4 aromatic rings. The van der Waals surface area contributed by atoms with E-state index in [4.69, 9.17) is 4.74 Å². The molecule has 0 radical (unpaired) electrons. The molecule has 1 saturated heterocycles. The topological polar surface area (TPSA) is 84.4 Å². The molecule has 5 rings (SSSR count). The van der Waals surface area contributed by atoms with Crippen LogP contribution in [0.2, 0.25) is 0 Å². The number of carbonyl (C=O) groups excluding carboxylic acids is 2. The van der Waals surface area contributed by atoms with Gasteiger partial charge in [-0.25, -0.2) is 9.78 Å². The Morgan fingerprint density at radius 1 is 1.00 bits per heavy atom. The second kappa shape index (κ2) is 10.7. The van der Waals surface area contributed by atoms with Crippen LogP contribution >= 0.6 is 23.1 Å². The fraction of sp³-hybridized carbons (Fsp3) is 0.154.